The van der Waals surface area contributed by atoms with Gasteiger partial charge in [-0.05, 0) is 48.5 Å². The molecular weight excluding hydrogens is 416 g/mol. The molecule has 1 unspecified atom stereocenters. The average molecular weight is 440 g/mol. The van der Waals surface area contributed by atoms with Gasteiger partial charge in [0, 0.05) is 0 Å². The molecule has 0 aliphatic carbocycles. The van der Waals surface area contributed by atoms with Gasteiger partial charge in [0.25, 0.3) is 0 Å². The molecule has 0 bridgehead atoms. The summed E-state index contributed by atoms with van der Waals surface area (Å²) in [4.78, 5) is 0. The first-order valence-corrected chi connectivity index (χ1v) is 10.9. The van der Waals surface area contributed by atoms with Gasteiger partial charge < -0.3 is 18.9 Å². The van der Waals surface area contributed by atoms with E-state index in [4.69, 9.17) is 18.9 Å². The van der Waals surface area contributed by atoms with Crippen LogP contribution in [0.5, 0.6) is 23.0 Å². The fourth-order valence-corrected chi connectivity index (χ4v) is 3.51. The van der Waals surface area contributed by atoms with Crippen LogP contribution in [0.2, 0.25) is 0 Å². The smallest absolute Gasteiger partial charge is 0.420 e. The SMILES string of the molecule is [Si]C(CC(Oc1ccccc1)(Oc1ccccc1)Oc1ccccc1)Oc1ccccc1. The van der Waals surface area contributed by atoms with Gasteiger partial charge in [-0.1, -0.05) is 72.8 Å². The molecule has 0 amide bonds. The quantitative estimate of drug-likeness (QED) is 0.230. The Kier molecular flexibility index (Phi) is 7.10. The van der Waals surface area contributed by atoms with Crippen molar-refractivity contribution in [2.75, 3.05) is 0 Å². The molecule has 0 fully saturated rings. The van der Waals surface area contributed by atoms with E-state index in [-0.39, 0.29) is 6.42 Å². The molecule has 0 spiro atoms. The van der Waals surface area contributed by atoms with E-state index < -0.39 is 11.7 Å². The number of para-hydroxylation sites is 4. The molecule has 4 aromatic carbocycles. The summed E-state index contributed by atoms with van der Waals surface area (Å²) in [5.74, 6) is 1.04. The van der Waals surface area contributed by atoms with Crippen LogP contribution in [-0.2, 0) is 0 Å². The summed E-state index contributed by atoms with van der Waals surface area (Å²) < 4.78 is 25.1. The maximum absolute atomic E-state index is 6.36. The molecule has 4 aromatic rings. The topological polar surface area (TPSA) is 36.9 Å². The van der Waals surface area contributed by atoms with Crippen molar-refractivity contribution in [1.29, 1.82) is 0 Å². The van der Waals surface area contributed by atoms with Crippen molar-refractivity contribution in [3.8, 4) is 23.0 Å². The number of benzene rings is 4. The molecule has 5 heteroatoms. The highest BCUT2D eigenvalue weighted by molar-refractivity contribution is 6.11. The maximum atomic E-state index is 6.36. The molecule has 0 saturated carbocycles. The summed E-state index contributed by atoms with van der Waals surface area (Å²) in [5, 5.41) is 0. The molecule has 159 valence electrons. The molecule has 3 radical (unpaired) electrons. The Balaban J connectivity index is 1.67. The van der Waals surface area contributed by atoms with Gasteiger partial charge in [0.15, 0.2) is 0 Å². The maximum Gasteiger partial charge on any atom is 0.420 e. The van der Waals surface area contributed by atoms with Crippen LogP contribution in [0.1, 0.15) is 6.42 Å². The lowest BCUT2D eigenvalue weighted by atomic mass is 10.3. The van der Waals surface area contributed by atoms with Gasteiger partial charge >= 0.3 is 5.97 Å². The lowest BCUT2D eigenvalue weighted by Crippen LogP contribution is -2.51. The molecule has 0 aromatic heterocycles. The van der Waals surface area contributed by atoms with E-state index in [0.29, 0.717) is 17.2 Å². The Labute approximate surface area is 191 Å². The van der Waals surface area contributed by atoms with Gasteiger partial charge in [0.2, 0.25) is 0 Å². The van der Waals surface area contributed by atoms with E-state index in [1.165, 1.54) is 0 Å². The van der Waals surface area contributed by atoms with Gasteiger partial charge in [0.1, 0.15) is 29.4 Å². The Bertz CT molecular complexity index is 958. The molecule has 0 saturated heterocycles. The minimum Gasteiger partial charge on any atom is -0.495 e. The summed E-state index contributed by atoms with van der Waals surface area (Å²) in [6.45, 7) is 0. The average Bonchev–Trinajstić information content (AvgIpc) is 2.81. The summed E-state index contributed by atoms with van der Waals surface area (Å²) in [5.41, 5.74) is -0.464. The van der Waals surface area contributed by atoms with Crippen molar-refractivity contribution in [2.45, 2.75) is 18.1 Å². The number of hydrogen-bond acceptors (Lipinski definition) is 4. The molecular formula is C27H23O4Si. The molecule has 0 heterocycles. The highest BCUT2D eigenvalue weighted by atomic mass is 28.1. The molecule has 1 atom stereocenters. The Morgan fingerprint density at radius 3 is 1.16 bits per heavy atom. The van der Waals surface area contributed by atoms with Crippen molar-refractivity contribution < 1.29 is 18.9 Å². The Morgan fingerprint density at radius 2 is 0.812 bits per heavy atom. The van der Waals surface area contributed by atoms with Crippen LogP contribution in [-0.4, -0.2) is 21.9 Å². The van der Waals surface area contributed by atoms with Crippen molar-refractivity contribution >= 4 is 10.2 Å². The van der Waals surface area contributed by atoms with E-state index in [2.05, 4.69) is 10.2 Å². The summed E-state index contributed by atoms with van der Waals surface area (Å²) in [6.07, 6.45) is 0.220. The van der Waals surface area contributed by atoms with Crippen LogP contribution in [0.3, 0.4) is 0 Å². The predicted molar refractivity (Wildman–Crippen MR) is 125 cm³/mol. The first kappa shape index (κ1) is 21.5. The van der Waals surface area contributed by atoms with Crippen LogP contribution in [0.25, 0.3) is 0 Å². The largest absolute Gasteiger partial charge is 0.495 e. The summed E-state index contributed by atoms with van der Waals surface area (Å²) in [7, 11) is 3.69. The first-order chi connectivity index (χ1) is 15.7. The standard InChI is InChI=1S/C27H23O4Si/c32-26(28-22-13-5-1-6-14-22)21-27(29-23-15-7-2-8-16-23,30-24-17-9-3-10-18-24)31-25-19-11-4-12-20-25/h1-20,26H,21H2. The van der Waals surface area contributed by atoms with E-state index in [1.807, 2.05) is 121 Å². The molecule has 4 rings (SSSR count). The third-order valence-corrected chi connectivity index (χ3v) is 4.83. The molecule has 4 nitrogen and oxygen atoms in total. The van der Waals surface area contributed by atoms with Crippen LogP contribution in [0.4, 0.5) is 0 Å². The zero-order valence-electron chi connectivity index (χ0n) is 17.5. The Hall–Kier alpha value is -3.70. The van der Waals surface area contributed by atoms with Gasteiger partial charge in [-0.15, -0.1) is 0 Å². The van der Waals surface area contributed by atoms with Gasteiger partial charge in [0.05, 0.1) is 16.0 Å². The monoisotopic (exact) mass is 439 g/mol. The summed E-state index contributed by atoms with van der Waals surface area (Å²) in [6, 6.07) is 37.9. The number of rotatable bonds is 10. The second-order valence-corrected chi connectivity index (χ2v) is 7.70. The third kappa shape index (κ3) is 6.15. The second-order valence-electron chi connectivity index (χ2n) is 7.05. The van der Waals surface area contributed by atoms with Gasteiger partial charge in [-0.2, -0.15) is 0 Å². The zero-order valence-corrected chi connectivity index (χ0v) is 18.5. The van der Waals surface area contributed by atoms with E-state index in [9.17, 15) is 0 Å². The van der Waals surface area contributed by atoms with Gasteiger partial charge in [-0.3, -0.25) is 0 Å². The van der Waals surface area contributed by atoms with E-state index in [0.717, 1.165) is 5.75 Å². The van der Waals surface area contributed by atoms with Crippen LogP contribution < -0.4 is 18.9 Å². The van der Waals surface area contributed by atoms with Crippen LogP contribution in [0, 0.1) is 0 Å². The van der Waals surface area contributed by atoms with E-state index in [1.54, 1.807) is 0 Å². The van der Waals surface area contributed by atoms with Gasteiger partial charge in [-0.25, -0.2) is 0 Å². The fraction of sp³-hybridized carbons (Fsp3) is 0.111. The summed E-state index contributed by atoms with van der Waals surface area (Å²) >= 11 is 0. The fourth-order valence-electron chi connectivity index (χ4n) is 3.12. The Morgan fingerprint density at radius 1 is 0.500 bits per heavy atom. The zero-order chi connectivity index (χ0) is 22.1. The minimum atomic E-state index is -1.51. The van der Waals surface area contributed by atoms with Crippen LogP contribution in [0.15, 0.2) is 121 Å². The highest BCUT2D eigenvalue weighted by Gasteiger charge is 2.41. The van der Waals surface area contributed by atoms with Crippen molar-refractivity contribution in [3.05, 3.63) is 121 Å². The molecule has 0 aliphatic heterocycles. The lowest BCUT2D eigenvalue weighted by molar-refractivity contribution is -0.261. The predicted octanol–water partition coefficient (Wildman–Crippen LogP) is 5.84. The van der Waals surface area contributed by atoms with Crippen molar-refractivity contribution in [2.24, 2.45) is 0 Å². The second kappa shape index (κ2) is 10.6. The van der Waals surface area contributed by atoms with Crippen molar-refractivity contribution in [1.82, 2.24) is 0 Å². The lowest BCUT2D eigenvalue weighted by Gasteiger charge is -2.35. The van der Waals surface area contributed by atoms with E-state index >= 15 is 0 Å². The number of ether oxygens (including phenoxy) is 4. The molecule has 32 heavy (non-hydrogen) atoms. The number of hydrogen-bond donors (Lipinski definition) is 0. The third-order valence-electron chi connectivity index (χ3n) is 4.51. The minimum absolute atomic E-state index is 0.220. The highest BCUT2D eigenvalue weighted by Crippen LogP contribution is 2.30. The van der Waals surface area contributed by atoms with Crippen molar-refractivity contribution in [3.63, 3.8) is 0 Å². The molecule has 0 aliphatic rings. The van der Waals surface area contributed by atoms with Crippen LogP contribution >= 0.6 is 0 Å². The first-order valence-electron chi connectivity index (χ1n) is 10.4. The molecule has 0 N–H and O–H groups in total. The normalized spacial score (nSPS) is 11.9.